The van der Waals surface area contributed by atoms with Crippen LogP contribution in [0.3, 0.4) is 0 Å². The number of benzene rings is 2. The molecule has 26 heavy (non-hydrogen) atoms. The van der Waals surface area contributed by atoms with Crippen molar-refractivity contribution in [3.05, 3.63) is 82.3 Å². The predicted octanol–water partition coefficient (Wildman–Crippen LogP) is 4.66. The first-order valence-corrected chi connectivity index (χ1v) is 10.8. The molecule has 2 aromatic rings. The van der Waals surface area contributed by atoms with Crippen molar-refractivity contribution in [3.8, 4) is 11.5 Å². The van der Waals surface area contributed by atoms with Crippen LogP contribution in [0.25, 0.3) is 5.57 Å². The van der Waals surface area contributed by atoms with Gasteiger partial charge in [0.2, 0.25) is 0 Å². The first kappa shape index (κ1) is 16.7. The lowest BCUT2D eigenvalue weighted by Crippen LogP contribution is -2.16. The molecule has 0 saturated heterocycles. The molecule has 1 heterocycles. The number of rotatable bonds is 2. The topological polar surface area (TPSA) is 46.5 Å². The van der Waals surface area contributed by atoms with Crippen LogP contribution in [0.2, 0.25) is 0 Å². The van der Waals surface area contributed by atoms with E-state index in [-0.39, 0.29) is 11.5 Å². The van der Waals surface area contributed by atoms with Gasteiger partial charge in [-0.3, -0.25) is 4.79 Å². The molecule has 4 heteroatoms. The minimum absolute atomic E-state index is 0.00676. The molecule has 2 aromatic carbocycles. The Morgan fingerprint density at radius 3 is 2.54 bits per heavy atom. The lowest BCUT2D eigenvalue weighted by molar-refractivity contribution is -0.110. The fourth-order valence-electron chi connectivity index (χ4n) is 3.68. The zero-order chi connectivity index (χ0) is 18.5. The highest BCUT2D eigenvalue weighted by Crippen LogP contribution is 2.66. The number of phenolic OH excluding ortho intramolecular Hbond substituents is 1. The zero-order valence-corrected chi connectivity index (χ0v) is 15.8. The number of carbonyl (C=O) groups is 1. The summed E-state index contributed by atoms with van der Waals surface area (Å²) in [7, 11) is 0.235. The van der Waals surface area contributed by atoms with E-state index in [1.165, 1.54) is 0 Å². The normalized spacial score (nSPS) is 18.7. The number of allylic oxidation sites excluding steroid dienone is 4. The largest absolute Gasteiger partial charge is 0.508 e. The van der Waals surface area contributed by atoms with Gasteiger partial charge in [-0.25, -0.2) is 0 Å². The summed E-state index contributed by atoms with van der Waals surface area (Å²) >= 11 is 0. The van der Waals surface area contributed by atoms with Crippen LogP contribution >= 0.6 is 10.0 Å². The monoisotopic (exact) mass is 364 g/mol. The van der Waals surface area contributed by atoms with Gasteiger partial charge in [0.05, 0.1) is 7.11 Å². The average Bonchev–Trinajstić information content (AvgIpc) is 2.63. The molecule has 0 fully saturated rings. The second kappa shape index (κ2) is 5.92. The number of phenols is 1. The fraction of sp³-hybridized carbons (Fsp3) is 0.136. The second-order valence-corrected chi connectivity index (χ2v) is 10.3. The molecule has 2 aliphatic rings. The van der Waals surface area contributed by atoms with Crippen molar-refractivity contribution in [1.29, 1.82) is 0 Å². The van der Waals surface area contributed by atoms with Crippen LogP contribution in [-0.4, -0.2) is 30.5 Å². The Bertz CT molecular complexity index is 1030. The summed E-state index contributed by atoms with van der Waals surface area (Å²) in [5.74, 6) is 1.03. The van der Waals surface area contributed by atoms with Crippen LogP contribution in [0.1, 0.15) is 11.1 Å². The Morgan fingerprint density at radius 1 is 1.00 bits per heavy atom. The van der Waals surface area contributed by atoms with Gasteiger partial charge in [-0.05, 0) is 66.1 Å². The van der Waals surface area contributed by atoms with Gasteiger partial charge in [-0.15, -0.1) is 0 Å². The molecule has 4 rings (SSSR count). The highest BCUT2D eigenvalue weighted by Gasteiger charge is 2.35. The number of carbonyl (C=O) groups excluding carboxylic acids is 1. The van der Waals surface area contributed by atoms with Crippen molar-refractivity contribution in [2.45, 2.75) is 4.90 Å². The van der Waals surface area contributed by atoms with E-state index in [2.05, 4.69) is 12.5 Å². The number of hydrogen-bond donors (Lipinski definition) is 1. The minimum atomic E-state index is -1.43. The maximum absolute atomic E-state index is 12.1. The van der Waals surface area contributed by atoms with E-state index in [4.69, 9.17) is 4.74 Å². The number of para-hydroxylation sites is 1. The zero-order valence-electron chi connectivity index (χ0n) is 14.9. The lowest BCUT2D eigenvalue weighted by Gasteiger charge is -2.43. The maximum atomic E-state index is 12.1. The summed E-state index contributed by atoms with van der Waals surface area (Å²) in [6.07, 6.45) is 9.62. The third-order valence-electron chi connectivity index (χ3n) is 4.93. The molecular weight excluding hydrogens is 344 g/mol. The molecule has 0 radical (unpaired) electrons. The molecule has 0 saturated carbocycles. The van der Waals surface area contributed by atoms with Gasteiger partial charge >= 0.3 is 0 Å². The van der Waals surface area contributed by atoms with Gasteiger partial charge in [0, 0.05) is 20.9 Å². The number of aromatic hydroxyl groups is 1. The highest BCUT2D eigenvalue weighted by molar-refractivity contribution is 8.36. The SMILES string of the molecule is COc1ccccc1C1=C2C=CC(=O)C=C2S(C)(C)c2cc(O)ccc21. The molecule has 132 valence electrons. The first-order valence-electron chi connectivity index (χ1n) is 8.32. The molecule has 0 bridgehead atoms. The van der Waals surface area contributed by atoms with Gasteiger partial charge in [-0.2, -0.15) is 10.0 Å². The third kappa shape index (κ3) is 2.41. The molecular formula is C22H20O3S. The number of ketones is 1. The van der Waals surface area contributed by atoms with Crippen LogP contribution in [0, 0.1) is 0 Å². The Hall–Kier alpha value is -2.72. The number of hydrogen-bond acceptors (Lipinski definition) is 3. The van der Waals surface area contributed by atoms with E-state index < -0.39 is 10.0 Å². The van der Waals surface area contributed by atoms with Crippen molar-refractivity contribution >= 4 is 21.4 Å². The Balaban J connectivity index is 2.13. The Labute approximate surface area is 154 Å². The lowest BCUT2D eigenvalue weighted by atomic mass is 9.89. The van der Waals surface area contributed by atoms with Gasteiger partial charge in [0.1, 0.15) is 11.5 Å². The van der Waals surface area contributed by atoms with Gasteiger partial charge < -0.3 is 9.84 Å². The van der Waals surface area contributed by atoms with Crippen LogP contribution in [0.15, 0.2) is 76.1 Å². The van der Waals surface area contributed by atoms with Crippen molar-refractivity contribution in [3.63, 3.8) is 0 Å². The summed E-state index contributed by atoms with van der Waals surface area (Å²) in [4.78, 5) is 14.2. The standard InChI is InChI=1S/C22H20O3S/c1-25-19-7-5-4-6-16(19)22-17-10-8-14(23)12-20(17)26(2,3)21-13-15(24)9-11-18(21)22/h4-13,23H,1-3H3. The van der Waals surface area contributed by atoms with Crippen LogP contribution in [0.5, 0.6) is 11.5 Å². The summed E-state index contributed by atoms with van der Waals surface area (Å²) in [6.45, 7) is 0. The van der Waals surface area contributed by atoms with Crippen molar-refractivity contribution in [2.75, 3.05) is 19.6 Å². The highest BCUT2D eigenvalue weighted by atomic mass is 32.3. The smallest absolute Gasteiger partial charge is 0.179 e. The number of methoxy groups -OCH3 is 1. The number of ether oxygens (including phenoxy) is 1. The molecule has 1 N–H and O–H groups in total. The third-order valence-corrected chi connectivity index (χ3v) is 7.81. The molecule has 0 atom stereocenters. The quantitative estimate of drug-likeness (QED) is 0.843. The van der Waals surface area contributed by atoms with Gasteiger partial charge in [0.15, 0.2) is 5.78 Å². The molecule has 1 aliphatic carbocycles. The number of fused-ring (bicyclic) bond motifs is 2. The Morgan fingerprint density at radius 2 is 1.77 bits per heavy atom. The van der Waals surface area contributed by atoms with E-state index >= 15 is 0 Å². The summed E-state index contributed by atoms with van der Waals surface area (Å²) in [5.41, 5.74) is 4.17. The van der Waals surface area contributed by atoms with Crippen LogP contribution in [0.4, 0.5) is 0 Å². The molecule has 1 aliphatic heterocycles. The summed E-state index contributed by atoms with van der Waals surface area (Å²) < 4.78 is 5.60. The van der Waals surface area contributed by atoms with E-state index in [0.717, 1.165) is 37.8 Å². The van der Waals surface area contributed by atoms with Crippen molar-refractivity contribution in [2.24, 2.45) is 0 Å². The fourth-order valence-corrected chi connectivity index (χ4v) is 6.18. The first-order chi connectivity index (χ1) is 12.4. The molecule has 0 spiro atoms. The van der Waals surface area contributed by atoms with Crippen molar-refractivity contribution in [1.82, 2.24) is 0 Å². The van der Waals surface area contributed by atoms with Crippen molar-refractivity contribution < 1.29 is 14.6 Å². The molecule has 0 unspecified atom stereocenters. The van der Waals surface area contributed by atoms with Gasteiger partial charge in [0.25, 0.3) is 0 Å². The van der Waals surface area contributed by atoms with E-state index in [1.54, 1.807) is 25.3 Å². The Kier molecular flexibility index (Phi) is 3.81. The van der Waals surface area contributed by atoms with E-state index in [9.17, 15) is 9.90 Å². The van der Waals surface area contributed by atoms with E-state index in [0.29, 0.717) is 0 Å². The van der Waals surface area contributed by atoms with Crippen LogP contribution < -0.4 is 4.74 Å². The molecule has 0 aromatic heterocycles. The summed E-state index contributed by atoms with van der Waals surface area (Å²) in [6, 6.07) is 13.4. The molecule has 3 nitrogen and oxygen atoms in total. The van der Waals surface area contributed by atoms with Crippen LogP contribution in [-0.2, 0) is 4.79 Å². The second-order valence-electron chi connectivity index (χ2n) is 6.74. The van der Waals surface area contributed by atoms with Gasteiger partial charge in [-0.1, -0.05) is 18.2 Å². The minimum Gasteiger partial charge on any atom is -0.508 e. The predicted molar refractivity (Wildman–Crippen MR) is 107 cm³/mol. The summed E-state index contributed by atoms with van der Waals surface area (Å²) in [5, 5.41) is 10.1. The van der Waals surface area contributed by atoms with E-state index in [1.807, 2.05) is 42.5 Å². The molecule has 0 amide bonds. The maximum Gasteiger partial charge on any atom is 0.179 e. The average molecular weight is 364 g/mol.